The Morgan fingerprint density at radius 1 is 0.679 bits per heavy atom. The van der Waals surface area contributed by atoms with Gasteiger partial charge in [0, 0.05) is 25.9 Å². The van der Waals surface area contributed by atoms with Crippen LogP contribution in [-0.4, -0.2) is 107 Å². The van der Waals surface area contributed by atoms with Crippen molar-refractivity contribution in [3.63, 3.8) is 0 Å². The highest BCUT2D eigenvalue weighted by Gasteiger charge is 2.56. The maximum Gasteiger partial charge on any atom is 0.159 e. The minimum atomic E-state index is -0.862. The zero-order valence-corrected chi connectivity index (χ0v) is 34.9. The van der Waals surface area contributed by atoms with Gasteiger partial charge < -0.3 is 49.3 Å². The number of thioether (sulfide) groups is 2. The maximum atomic E-state index is 11.2. The first-order valence-electron chi connectivity index (χ1n) is 19.8. The molecule has 0 spiro atoms. The first-order chi connectivity index (χ1) is 27.1. The molecule has 12 nitrogen and oxygen atoms in total. The minimum Gasteiger partial charge on any atom is -0.497 e. The predicted molar refractivity (Wildman–Crippen MR) is 221 cm³/mol. The zero-order chi connectivity index (χ0) is 39.5. The van der Waals surface area contributed by atoms with Crippen molar-refractivity contribution >= 4 is 33.9 Å². The Balaban J connectivity index is 0.000000172. The topological polar surface area (TPSA) is 145 Å². The van der Waals surface area contributed by atoms with Gasteiger partial charge in [0.1, 0.15) is 22.4 Å². The van der Waals surface area contributed by atoms with Gasteiger partial charge in [-0.2, -0.15) is 0 Å². The van der Waals surface area contributed by atoms with Gasteiger partial charge in [-0.3, -0.25) is 9.98 Å². The van der Waals surface area contributed by atoms with Crippen molar-refractivity contribution in [1.29, 1.82) is 0 Å². The second-order valence-electron chi connectivity index (χ2n) is 15.7. The summed E-state index contributed by atoms with van der Waals surface area (Å²) in [6.45, 7) is 5.27. The quantitative estimate of drug-likeness (QED) is 0.220. The van der Waals surface area contributed by atoms with E-state index in [1.165, 1.54) is 0 Å². The molecule has 0 amide bonds. The molecule has 0 aromatic heterocycles. The van der Waals surface area contributed by atoms with Gasteiger partial charge >= 0.3 is 0 Å². The van der Waals surface area contributed by atoms with Crippen molar-refractivity contribution in [2.24, 2.45) is 21.8 Å². The van der Waals surface area contributed by atoms with Gasteiger partial charge in [0.05, 0.1) is 75.1 Å². The van der Waals surface area contributed by atoms with E-state index < -0.39 is 11.2 Å². The second-order valence-corrected chi connectivity index (χ2v) is 17.9. The minimum absolute atomic E-state index is 0.00570. The molecule has 4 N–H and O–H groups in total. The Morgan fingerprint density at radius 3 is 1.48 bits per heavy atom. The van der Waals surface area contributed by atoms with E-state index in [2.05, 4.69) is 34.5 Å². The van der Waals surface area contributed by atoms with E-state index in [1.54, 1.807) is 51.8 Å². The van der Waals surface area contributed by atoms with E-state index in [9.17, 15) is 10.2 Å². The van der Waals surface area contributed by atoms with Crippen LogP contribution < -0.4 is 20.1 Å². The lowest BCUT2D eigenvalue weighted by Gasteiger charge is -2.47. The van der Waals surface area contributed by atoms with Crippen LogP contribution in [0.25, 0.3) is 0 Å². The summed E-state index contributed by atoms with van der Waals surface area (Å²) in [5.74, 6) is 1.78. The number of ether oxygens (including phenoxy) is 6. The number of benzene rings is 2. The van der Waals surface area contributed by atoms with Crippen LogP contribution in [0.2, 0.25) is 0 Å². The Bertz CT molecular complexity index is 1590. The molecule has 2 aromatic rings. The molecule has 5 fully saturated rings. The van der Waals surface area contributed by atoms with E-state index in [1.807, 2.05) is 60.7 Å². The van der Waals surface area contributed by atoms with Crippen molar-refractivity contribution < 1.29 is 38.6 Å². The molecule has 306 valence electrons. The lowest BCUT2D eigenvalue weighted by molar-refractivity contribution is -0.203. The molecule has 56 heavy (non-hydrogen) atoms. The molecule has 4 saturated heterocycles. The Hall–Kier alpha value is -2.82. The summed E-state index contributed by atoms with van der Waals surface area (Å²) in [6, 6.07) is 15.9. The molecule has 1 saturated carbocycles. The van der Waals surface area contributed by atoms with Crippen LogP contribution in [0.1, 0.15) is 63.5 Å². The lowest BCUT2D eigenvalue weighted by atomic mass is 9.79. The largest absolute Gasteiger partial charge is 0.497 e. The smallest absolute Gasteiger partial charge is 0.159 e. The maximum absolute atomic E-state index is 11.2. The van der Waals surface area contributed by atoms with Gasteiger partial charge in [-0.05, 0) is 61.1 Å². The van der Waals surface area contributed by atoms with Gasteiger partial charge in [-0.15, -0.1) is 0 Å². The third-order valence-corrected chi connectivity index (χ3v) is 14.5. The van der Waals surface area contributed by atoms with Crippen LogP contribution in [-0.2, 0) is 32.2 Å². The number of rotatable bonds is 10. The van der Waals surface area contributed by atoms with E-state index in [4.69, 9.17) is 28.4 Å². The van der Waals surface area contributed by atoms with E-state index in [0.29, 0.717) is 26.1 Å². The monoisotopic (exact) mass is 810 g/mol. The van der Waals surface area contributed by atoms with E-state index in [-0.39, 0.29) is 59.2 Å². The highest BCUT2D eigenvalue weighted by atomic mass is 32.2. The Labute approximate surface area is 339 Å². The second kappa shape index (κ2) is 18.0. The molecule has 4 heterocycles. The Morgan fingerprint density at radius 2 is 1.09 bits per heavy atom. The van der Waals surface area contributed by atoms with E-state index in [0.717, 1.165) is 58.6 Å². The van der Waals surface area contributed by atoms with E-state index >= 15 is 0 Å². The van der Waals surface area contributed by atoms with Crippen molar-refractivity contribution in [3.05, 3.63) is 71.8 Å². The summed E-state index contributed by atoms with van der Waals surface area (Å²) in [5.41, 5.74) is 0.360. The summed E-state index contributed by atoms with van der Waals surface area (Å²) in [5, 5.41) is 31.1. The molecule has 2 aliphatic carbocycles. The fourth-order valence-electron chi connectivity index (χ4n) is 9.06. The van der Waals surface area contributed by atoms with Crippen LogP contribution in [0.3, 0.4) is 0 Å². The number of aliphatic imine (C=N–C) groups is 2. The van der Waals surface area contributed by atoms with Crippen LogP contribution in [0.5, 0.6) is 11.5 Å². The zero-order valence-electron chi connectivity index (χ0n) is 33.3. The lowest BCUT2D eigenvalue weighted by Crippen LogP contribution is -2.61. The van der Waals surface area contributed by atoms with Crippen molar-refractivity contribution in [2.75, 3.05) is 28.3 Å². The van der Waals surface area contributed by atoms with Crippen LogP contribution in [0.15, 0.2) is 70.7 Å². The van der Waals surface area contributed by atoms with Crippen molar-refractivity contribution in [2.45, 2.75) is 124 Å². The summed E-state index contributed by atoms with van der Waals surface area (Å²) >= 11 is 3.17. The molecule has 4 aliphatic heterocycles. The first-order valence-corrected chi connectivity index (χ1v) is 21.5. The normalized spacial score (nSPS) is 35.3. The fourth-order valence-corrected chi connectivity index (χ4v) is 11.2. The number of hydrogen-bond acceptors (Lipinski definition) is 12. The third-order valence-electron chi connectivity index (χ3n) is 12.1. The number of amidine groups is 2. The number of nitrogens with one attached hydrogen (secondary N) is 2. The molecule has 6 aliphatic rings. The van der Waals surface area contributed by atoms with Crippen molar-refractivity contribution in [3.8, 4) is 11.5 Å². The number of nitrogens with zero attached hydrogens (tertiary/aromatic N) is 2. The standard InChI is InChI=1S/C21H30N2O4S.C21H28N2O4S/c2*1-13-17(26-12-14-6-8-15(25-3)9-7-14)16-19(28-20(22-2)23-16)27-18(13)21(24)10-4-5-11-21/h6-9,13,16-19,24H,4-5,10-12H2,1-3H3,(H,22,23);4-9,13,16-19,24H,10-12H2,1-3H3,(H,22,23)/t2*13-,16+,17-,18-,19+/m00/s1. The van der Waals surface area contributed by atoms with Gasteiger partial charge in [-0.1, -0.05) is 86.6 Å². The molecule has 8 rings (SSSR count). The molecule has 2 aromatic carbocycles. The van der Waals surface area contributed by atoms with Crippen molar-refractivity contribution in [1.82, 2.24) is 10.6 Å². The number of fused-ring (bicyclic) bond motifs is 2. The predicted octanol–water partition coefficient (Wildman–Crippen LogP) is 5.65. The van der Waals surface area contributed by atoms with Crippen LogP contribution in [0.4, 0.5) is 0 Å². The fraction of sp³-hybridized carbons (Fsp3) is 0.619. The average molecular weight is 811 g/mol. The summed E-state index contributed by atoms with van der Waals surface area (Å²) in [7, 11) is 6.88. The average Bonchev–Trinajstić information content (AvgIpc) is 4.05. The molecular formula is C42H58N4O8S2. The third kappa shape index (κ3) is 8.78. The number of methoxy groups -OCH3 is 2. The molecule has 0 unspecified atom stereocenters. The summed E-state index contributed by atoms with van der Waals surface area (Å²) in [4.78, 5) is 8.60. The van der Waals surface area contributed by atoms with Gasteiger partial charge in [0.15, 0.2) is 10.3 Å². The SMILES string of the molecule is CN=C1N[C@@H]2[C@@H](OCc3ccc(OC)cc3)[C@H](C)[C@@H](C3(O)CC=CC3)O[C@@H]2S1.CN=C1N[C@@H]2[C@@H](OCc3ccc(OC)cc3)[C@H](C)[C@@H](C3(O)CCCC3)O[C@@H]2S1. The molecule has 10 atom stereocenters. The molecular weight excluding hydrogens is 753 g/mol. The van der Waals surface area contributed by atoms with Gasteiger partial charge in [0.25, 0.3) is 0 Å². The number of aliphatic hydroxyl groups is 2. The summed E-state index contributed by atoms with van der Waals surface area (Å²) in [6.07, 6.45) is 8.37. The highest BCUT2D eigenvalue weighted by Crippen LogP contribution is 2.47. The van der Waals surface area contributed by atoms with Crippen LogP contribution in [0, 0.1) is 11.8 Å². The number of hydrogen-bond donors (Lipinski definition) is 4. The van der Waals surface area contributed by atoms with Gasteiger partial charge in [0.2, 0.25) is 0 Å². The first kappa shape index (κ1) is 41.3. The molecule has 0 bridgehead atoms. The van der Waals surface area contributed by atoms with Crippen LogP contribution >= 0.6 is 23.5 Å². The highest BCUT2D eigenvalue weighted by molar-refractivity contribution is 8.14. The Kier molecular flexibility index (Phi) is 13.3. The van der Waals surface area contributed by atoms with Gasteiger partial charge in [-0.25, -0.2) is 0 Å². The summed E-state index contributed by atoms with van der Waals surface area (Å²) < 4.78 is 36.1. The molecule has 0 radical (unpaired) electrons. The molecule has 14 heteroatoms.